The molecule has 0 aliphatic rings. The molecule has 0 radical (unpaired) electrons. The second-order valence-corrected chi connectivity index (χ2v) is 4.24. The molecule has 1 atom stereocenters. The molecule has 0 saturated heterocycles. The number of nitrogens with two attached hydrogens (primary N) is 1. The van der Waals surface area contributed by atoms with Gasteiger partial charge in [0.15, 0.2) is 11.6 Å². The standard InChI is InChI=1S/C10H12FN5S/c1-6(7-2-3-17-5-7)14-9-8(11)4-13-10(15-9)16-12/h2-6H,12H2,1H3,(H2,13,14,15,16). The lowest BCUT2D eigenvalue weighted by molar-refractivity contribution is 0.614. The monoisotopic (exact) mass is 253 g/mol. The highest BCUT2D eigenvalue weighted by Gasteiger charge is 2.11. The summed E-state index contributed by atoms with van der Waals surface area (Å²) in [5.74, 6) is 4.97. The van der Waals surface area contributed by atoms with E-state index in [4.69, 9.17) is 5.84 Å². The van der Waals surface area contributed by atoms with Crippen LogP contribution in [0.3, 0.4) is 0 Å². The number of hydrogen-bond donors (Lipinski definition) is 3. The van der Waals surface area contributed by atoms with Crippen LogP contribution in [-0.2, 0) is 0 Å². The van der Waals surface area contributed by atoms with Gasteiger partial charge in [0.2, 0.25) is 5.95 Å². The van der Waals surface area contributed by atoms with Gasteiger partial charge in [0.25, 0.3) is 0 Å². The van der Waals surface area contributed by atoms with E-state index in [2.05, 4.69) is 20.7 Å². The predicted octanol–water partition coefficient (Wildman–Crippen LogP) is 2.14. The maximum absolute atomic E-state index is 13.5. The number of aromatic nitrogens is 2. The van der Waals surface area contributed by atoms with Crippen LogP contribution in [0.2, 0.25) is 0 Å². The van der Waals surface area contributed by atoms with E-state index in [1.165, 1.54) is 0 Å². The largest absolute Gasteiger partial charge is 0.361 e. The molecule has 90 valence electrons. The Morgan fingerprint density at radius 3 is 3.00 bits per heavy atom. The Balaban J connectivity index is 2.18. The van der Waals surface area contributed by atoms with Crippen molar-refractivity contribution in [2.45, 2.75) is 13.0 Å². The van der Waals surface area contributed by atoms with Crippen molar-refractivity contribution in [3.63, 3.8) is 0 Å². The lowest BCUT2D eigenvalue weighted by Gasteiger charge is -2.14. The normalized spacial score (nSPS) is 12.2. The van der Waals surface area contributed by atoms with E-state index >= 15 is 0 Å². The van der Waals surface area contributed by atoms with Crippen molar-refractivity contribution in [3.8, 4) is 0 Å². The van der Waals surface area contributed by atoms with Crippen LogP contribution in [0, 0.1) is 5.82 Å². The summed E-state index contributed by atoms with van der Waals surface area (Å²) < 4.78 is 13.5. The molecule has 5 nitrogen and oxygen atoms in total. The Hall–Kier alpha value is -1.73. The lowest BCUT2D eigenvalue weighted by Crippen LogP contribution is -2.14. The van der Waals surface area contributed by atoms with Gasteiger partial charge in [-0.1, -0.05) is 0 Å². The topological polar surface area (TPSA) is 75.9 Å². The van der Waals surface area contributed by atoms with Crippen molar-refractivity contribution in [3.05, 3.63) is 34.4 Å². The molecule has 0 aliphatic carbocycles. The van der Waals surface area contributed by atoms with Crippen LogP contribution in [0.1, 0.15) is 18.5 Å². The molecule has 0 spiro atoms. The molecular weight excluding hydrogens is 241 g/mol. The third-order valence-electron chi connectivity index (χ3n) is 2.27. The van der Waals surface area contributed by atoms with Crippen LogP contribution >= 0.6 is 11.3 Å². The van der Waals surface area contributed by atoms with Crippen LogP contribution in [0.4, 0.5) is 16.2 Å². The molecule has 0 amide bonds. The zero-order chi connectivity index (χ0) is 12.3. The highest BCUT2D eigenvalue weighted by atomic mass is 32.1. The van der Waals surface area contributed by atoms with Gasteiger partial charge in [0, 0.05) is 0 Å². The number of anilines is 2. The summed E-state index contributed by atoms with van der Waals surface area (Å²) >= 11 is 1.59. The molecule has 2 heterocycles. The van der Waals surface area contributed by atoms with Gasteiger partial charge >= 0.3 is 0 Å². The number of rotatable bonds is 4. The molecule has 0 fully saturated rings. The Kier molecular flexibility index (Phi) is 3.50. The summed E-state index contributed by atoms with van der Waals surface area (Å²) in [5, 5.41) is 6.94. The summed E-state index contributed by atoms with van der Waals surface area (Å²) in [6.07, 6.45) is 1.07. The fraction of sp³-hybridized carbons (Fsp3) is 0.200. The molecule has 2 aromatic rings. The third-order valence-corrected chi connectivity index (χ3v) is 2.97. The Labute approximate surface area is 102 Å². The predicted molar refractivity (Wildman–Crippen MR) is 66.2 cm³/mol. The summed E-state index contributed by atoms with van der Waals surface area (Å²) in [7, 11) is 0. The number of thiophene rings is 1. The molecule has 17 heavy (non-hydrogen) atoms. The van der Waals surface area contributed by atoms with E-state index in [1.54, 1.807) is 11.3 Å². The summed E-state index contributed by atoms with van der Waals surface area (Å²) in [5.41, 5.74) is 3.35. The van der Waals surface area contributed by atoms with Gasteiger partial charge < -0.3 is 5.32 Å². The fourth-order valence-corrected chi connectivity index (χ4v) is 2.10. The van der Waals surface area contributed by atoms with E-state index in [1.807, 2.05) is 23.8 Å². The molecule has 4 N–H and O–H groups in total. The van der Waals surface area contributed by atoms with Crippen LogP contribution in [0.15, 0.2) is 23.0 Å². The quantitative estimate of drug-likeness (QED) is 0.575. The van der Waals surface area contributed by atoms with Gasteiger partial charge in [-0.05, 0) is 29.3 Å². The molecule has 0 aliphatic heterocycles. The first-order valence-electron chi connectivity index (χ1n) is 4.98. The minimum Gasteiger partial charge on any atom is -0.361 e. The van der Waals surface area contributed by atoms with E-state index in [0.717, 1.165) is 11.8 Å². The van der Waals surface area contributed by atoms with Crippen LogP contribution in [0.5, 0.6) is 0 Å². The number of nitrogens with zero attached hydrogens (tertiary/aromatic N) is 2. The maximum atomic E-state index is 13.5. The second kappa shape index (κ2) is 5.07. The Morgan fingerprint density at radius 2 is 2.35 bits per heavy atom. The van der Waals surface area contributed by atoms with E-state index in [0.29, 0.717) is 0 Å². The Bertz CT molecular complexity index is 487. The smallest absolute Gasteiger partial charge is 0.239 e. The number of halogens is 1. The second-order valence-electron chi connectivity index (χ2n) is 3.46. The molecule has 0 bridgehead atoms. The number of nitrogens with one attached hydrogen (secondary N) is 2. The zero-order valence-corrected chi connectivity index (χ0v) is 9.96. The first kappa shape index (κ1) is 11.7. The van der Waals surface area contributed by atoms with Crippen molar-refractivity contribution >= 4 is 23.1 Å². The van der Waals surface area contributed by atoms with Gasteiger partial charge in [-0.3, -0.25) is 5.43 Å². The van der Waals surface area contributed by atoms with Crippen molar-refractivity contribution in [2.24, 2.45) is 5.84 Å². The Morgan fingerprint density at radius 1 is 1.53 bits per heavy atom. The van der Waals surface area contributed by atoms with Crippen molar-refractivity contribution in [1.82, 2.24) is 9.97 Å². The lowest BCUT2D eigenvalue weighted by atomic mass is 10.2. The molecule has 2 aromatic heterocycles. The molecule has 7 heteroatoms. The van der Waals surface area contributed by atoms with Crippen LogP contribution in [-0.4, -0.2) is 9.97 Å². The van der Waals surface area contributed by atoms with Gasteiger partial charge in [0.05, 0.1) is 12.2 Å². The molecule has 2 rings (SSSR count). The fourth-order valence-electron chi connectivity index (χ4n) is 1.35. The summed E-state index contributed by atoms with van der Waals surface area (Å²) in [4.78, 5) is 7.58. The van der Waals surface area contributed by atoms with Crippen molar-refractivity contribution in [2.75, 3.05) is 10.7 Å². The highest BCUT2D eigenvalue weighted by Crippen LogP contribution is 2.21. The third kappa shape index (κ3) is 2.69. The minimum atomic E-state index is -0.508. The van der Waals surface area contributed by atoms with Gasteiger partial charge in [0.1, 0.15) is 0 Å². The van der Waals surface area contributed by atoms with E-state index < -0.39 is 5.82 Å². The number of hydrazine groups is 1. The molecule has 0 aromatic carbocycles. The van der Waals surface area contributed by atoms with Crippen molar-refractivity contribution < 1.29 is 4.39 Å². The first-order chi connectivity index (χ1) is 8.20. The molecule has 0 saturated carbocycles. The van der Waals surface area contributed by atoms with E-state index in [-0.39, 0.29) is 17.8 Å². The summed E-state index contributed by atoms with van der Waals surface area (Å²) in [6, 6.07) is 1.94. The van der Waals surface area contributed by atoms with E-state index in [9.17, 15) is 4.39 Å². The van der Waals surface area contributed by atoms with Gasteiger partial charge in [-0.15, -0.1) is 0 Å². The summed E-state index contributed by atoms with van der Waals surface area (Å²) in [6.45, 7) is 1.93. The first-order valence-corrected chi connectivity index (χ1v) is 5.92. The zero-order valence-electron chi connectivity index (χ0n) is 9.14. The average Bonchev–Trinajstić information content (AvgIpc) is 2.85. The number of nitrogen functional groups attached to an aromatic ring is 1. The van der Waals surface area contributed by atoms with Crippen LogP contribution < -0.4 is 16.6 Å². The van der Waals surface area contributed by atoms with Gasteiger partial charge in [-0.2, -0.15) is 16.3 Å². The number of hydrogen-bond acceptors (Lipinski definition) is 6. The molecular formula is C10H12FN5S. The molecule has 1 unspecified atom stereocenters. The average molecular weight is 253 g/mol. The van der Waals surface area contributed by atoms with Gasteiger partial charge in [-0.25, -0.2) is 15.2 Å². The SMILES string of the molecule is CC(Nc1nc(NN)ncc1F)c1ccsc1. The van der Waals surface area contributed by atoms with Crippen molar-refractivity contribution in [1.29, 1.82) is 0 Å². The highest BCUT2D eigenvalue weighted by molar-refractivity contribution is 7.07. The maximum Gasteiger partial charge on any atom is 0.239 e. The van der Waals surface area contributed by atoms with Crippen LogP contribution in [0.25, 0.3) is 0 Å². The minimum absolute atomic E-state index is 0.0312.